The fourth-order valence-corrected chi connectivity index (χ4v) is 4.43. The first-order chi connectivity index (χ1) is 18.4. The first-order valence-corrected chi connectivity index (χ1v) is 12.8. The van der Waals surface area contributed by atoms with E-state index in [-0.39, 0.29) is 17.2 Å². The number of carbonyl (C=O) groups is 3. The number of hydrogen-bond donors (Lipinski definition) is 2. The van der Waals surface area contributed by atoms with Gasteiger partial charge in [-0.3, -0.25) is 14.4 Å². The van der Waals surface area contributed by atoms with Gasteiger partial charge < -0.3 is 10.6 Å². The maximum absolute atomic E-state index is 13.3. The molecule has 190 valence electrons. The zero-order valence-corrected chi connectivity index (χ0v) is 21.4. The van der Waals surface area contributed by atoms with E-state index in [0.29, 0.717) is 16.8 Å². The van der Waals surface area contributed by atoms with Crippen LogP contribution in [0, 0.1) is 12.7 Å². The third-order valence-electron chi connectivity index (χ3n) is 5.65. The largest absolute Gasteiger partial charge is 0.321 e. The van der Waals surface area contributed by atoms with Crippen molar-refractivity contribution < 1.29 is 18.8 Å². The predicted octanol–water partition coefficient (Wildman–Crippen LogP) is 6.52. The lowest BCUT2D eigenvalue weighted by Crippen LogP contribution is -2.30. The summed E-state index contributed by atoms with van der Waals surface area (Å²) in [5.74, 6) is -1.24. The van der Waals surface area contributed by atoms with Crippen LogP contribution in [0.1, 0.15) is 31.8 Å². The summed E-state index contributed by atoms with van der Waals surface area (Å²) in [7, 11) is 0. The zero-order valence-electron chi connectivity index (χ0n) is 20.6. The topological polar surface area (TPSA) is 75.3 Å². The average Bonchev–Trinajstić information content (AvgIpc) is 2.93. The Balaban J connectivity index is 1.49. The Hall–Kier alpha value is -4.49. The molecule has 0 aliphatic heterocycles. The van der Waals surface area contributed by atoms with Crippen molar-refractivity contribution in [2.75, 3.05) is 11.1 Å². The molecule has 0 atom stereocenters. The fraction of sp³-hybridized carbons (Fsp3) is 0.0645. The number of thioether (sulfide) groups is 1. The van der Waals surface area contributed by atoms with Gasteiger partial charge in [0.2, 0.25) is 0 Å². The van der Waals surface area contributed by atoms with Crippen LogP contribution >= 0.6 is 11.8 Å². The van der Waals surface area contributed by atoms with E-state index in [2.05, 4.69) is 10.6 Å². The molecule has 0 radical (unpaired) electrons. The number of rotatable bonds is 9. The van der Waals surface area contributed by atoms with Crippen molar-refractivity contribution in [3.8, 4) is 0 Å². The molecule has 38 heavy (non-hydrogen) atoms. The third-order valence-corrected chi connectivity index (χ3v) is 6.64. The van der Waals surface area contributed by atoms with Gasteiger partial charge in [-0.05, 0) is 78.7 Å². The highest BCUT2D eigenvalue weighted by Crippen LogP contribution is 2.23. The van der Waals surface area contributed by atoms with Crippen molar-refractivity contribution >= 4 is 41.1 Å². The Morgan fingerprint density at radius 3 is 2.26 bits per heavy atom. The maximum atomic E-state index is 13.3. The summed E-state index contributed by atoms with van der Waals surface area (Å²) in [4.78, 5) is 39.4. The minimum Gasteiger partial charge on any atom is -0.321 e. The SMILES string of the molecule is Cc1ccccc1/C=C(\NC(=O)c1ccccc1)C(=O)Nc1cccc(SCC(=O)c2ccc(F)cc2)c1. The molecule has 2 N–H and O–H groups in total. The van der Waals surface area contributed by atoms with Crippen LogP contribution in [0.25, 0.3) is 6.08 Å². The molecule has 0 heterocycles. The number of halogens is 1. The molecule has 2 amide bonds. The van der Waals surface area contributed by atoms with Crippen molar-refractivity contribution in [3.63, 3.8) is 0 Å². The van der Waals surface area contributed by atoms with Crippen molar-refractivity contribution in [1.29, 1.82) is 0 Å². The number of Topliss-reactive ketones (excluding diaryl/α,β-unsaturated/α-hetero) is 1. The van der Waals surface area contributed by atoms with Crippen molar-refractivity contribution in [3.05, 3.63) is 137 Å². The highest BCUT2D eigenvalue weighted by atomic mass is 32.2. The summed E-state index contributed by atoms with van der Waals surface area (Å²) < 4.78 is 13.1. The lowest BCUT2D eigenvalue weighted by atomic mass is 10.1. The Morgan fingerprint density at radius 1 is 0.816 bits per heavy atom. The van der Waals surface area contributed by atoms with E-state index >= 15 is 0 Å². The quantitative estimate of drug-likeness (QED) is 0.149. The summed E-state index contributed by atoms with van der Waals surface area (Å²) in [5, 5.41) is 5.58. The van der Waals surface area contributed by atoms with Crippen LogP contribution in [0.5, 0.6) is 0 Å². The number of ketones is 1. The van der Waals surface area contributed by atoms with E-state index in [1.807, 2.05) is 43.3 Å². The molecular formula is C31H25FN2O3S. The first kappa shape index (κ1) is 26.6. The van der Waals surface area contributed by atoms with Crippen LogP contribution < -0.4 is 10.6 Å². The molecule has 0 aromatic heterocycles. The van der Waals surface area contributed by atoms with Gasteiger partial charge >= 0.3 is 0 Å². The standard InChI is InChI=1S/C31H25FN2O3S/c1-21-8-5-6-11-24(21)18-28(34-30(36)23-9-3-2-4-10-23)31(37)33-26-12-7-13-27(19-26)38-20-29(35)22-14-16-25(32)17-15-22/h2-19H,20H2,1H3,(H,33,37)(H,34,36)/b28-18-. The molecule has 4 aromatic carbocycles. The number of benzene rings is 4. The van der Waals surface area contributed by atoms with Crippen molar-refractivity contribution in [2.45, 2.75) is 11.8 Å². The van der Waals surface area contributed by atoms with Crippen LogP contribution in [-0.2, 0) is 4.79 Å². The van der Waals surface area contributed by atoms with Gasteiger partial charge in [-0.15, -0.1) is 11.8 Å². The number of aryl methyl sites for hydroxylation is 1. The van der Waals surface area contributed by atoms with Gasteiger partial charge in [0.1, 0.15) is 11.5 Å². The van der Waals surface area contributed by atoms with Crippen LogP contribution in [0.2, 0.25) is 0 Å². The van der Waals surface area contributed by atoms with Gasteiger partial charge in [0.05, 0.1) is 5.75 Å². The second-order valence-electron chi connectivity index (χ2n) is 8.44. The summed E-state index contributed by atoms with van der Waals surface area (Å²) >= 11 is 1.31. The van der Waals surface area contributed by atoms with E-state index in [1.165, 1.54) is 36.0 Å². The van der Waals surface area contributed by atoms with Gasteiger partial charge in [0.25, 0.3) is 11.8 Å². The molecule has 7 heteroatoms. The van der Waals surface area contributed by atoms with Crippen LogP contribution in [-0.4, -0.2) is 23.4 Å². The van der Waals surface area contributed by atoms with E-state index in [1.54, 1.807) is 48.5 Å². The van der Waals surface area contributed by atoms with Gasteiger partial charge in [-0.2, -0.15) is 0 Å². The molecule has 0 fully saturated rings. The Bertz CT molecular complexity index is 1480. The van der Waals surface area contributed by atoms with Gasteiger partial charge in [-0.25, -0.2) is 4.39 Å². The molecule has 0 saturated heterocycles. The number of hydrogen-bond acceptors (Lipinski definition) is 4. The normalized spacial score (nSPS) is 11.1. The molecule has 0 spiro atoms. The van der Waals surface area contributed by atoms with Crippen molar-refractivity contribution in [1.82, 2.24) is 5.32 Å². The number of amides is 2. The Morgan fingerprint density at radius 2 is 1.53 bits per heavy atom. The molecule has 0 unspecified atom stereocenters. The predicted molar refractivity (Wildman–Crippen MR) is 150 cm³/mol. The average molecular weight is 525 g/mol. The molecule has 0 bridgehead atoms. The lowest BCUT2D eigenvalue weighted by molar-refractivity contribution is -0.113. The van der Waals surface area contributed by atoms with E-state index < -0.39 is 17.6 Å². The smallest absolute Gasteiger partial charge is 0.272 e. The first-order valence-electron chi connectivity index (χ1n) is 11.9. The van der Waals surface area contributed by atoms with Crippen LogP contribution in [0.15, 0.2) is 114 Å². The van der Waals surface area contributed by atoms with E-state index in [0.717, 1.165) is 16.0 Å². The summed E-state index contributed by atoms with van der Waals surface area (Å²) in [6.07, 6.45) is 1.64. The van der Waals surface area contributed by atoms with Gasteiger partial charge in [-0.1, -0.05) is 48.5 Å². The lowest BCUT2D eigenvalue weighted by Gasteiger charge is -2.13. The second-order valence-corrected chi connectivity index (χ2v) is 9.48. The highest BCUT2D eigenvalue weighted by molar-refractivity contribution is 8.00. The van der Waals surface area contributed by atoms with Gasteiger partial charge in [0.15, 0.2) is 5.78 Å². The zero-order chi connectivity index (χ0) is 26.9. The molecule has 5 nitrogen and oxygen atoms in total. The van der Waals surface area contributed by atoms with E-state index in [4.69, 9.17) is 0 Å². The maximum Gasteiger partial charge on any atom is 0.272 e. The monoisotopic (exact) mass is 524 g/mol. The second kappa shape index (κ2) is 12.7. The van der Waals surface area contributed by atoms with E-state index in [9.17, 15) is 18.8 Å². The number of anilines is 1. The third kappa shape index (κ3) is 7.27. The molecular weight excluding hydrogens is 499 g/mol. The van der Waals surface area contributed by atoms with Crippen LogP contribution in [0.4, 0.5) is 10.1 Å². The summed E-state index contributed by atoms with van der Waals surface area (Å²) in [6, 6.07) is 28.7. The number of carbonyl (C=O) groups excluding carboxylic acids is 3. The molecule has 0 saturated carbocycles. The molecule has 4 aromatic rings. The van der Waals surface area contributed by atoms with Crippen LogP contribution in [0.3, 0.4) is 0 Å². The molecule has 0 aliphatic carbocycles. The summed E-state index contributed by atoms with van der Waals surface area (Å²) in [6.45, 7) is 1.92. The highest BCUT2D eigenvalue weighted by Gasteiger charge is 2.16. The molecule has 4 rings (SSSR count). The van der Waals surface area contributed by atoms with Crippen molar-refractivity contribution in [2.24, 2.45) is 0 Å². The molecule has 0 aliphatic rings. The van der Waals surface area contributed by atoms with Gasteiger partial charge in [0, 0.05) is 21.7 Å². The fourth-order valence-electron chi connectivity index (χ4n) is 3.58. The number of nitrogens with one attached hydrogen (secondary N) is 2. The Labute approximate surface area is 224 Å². The minimum atomic E-state index is -0.484. The Kier molecular flexibility index (Phi) is 8.85. The summed E-state index contributed by atoms with van der Waals surface area (Å²) in [5.41, 5.74) is 3.23. The minimum absolute atomic E-state index is 0.0951.